The molecule has 0 unspecified atom stereocenters. The number of hydrogen-bond donors (Lipinski definition) is 1. The largest absolute Gasteiger partial charge is 0.325 e. The Bertz CT molecular complexity index is 684. The number of nitrogens with zero attached hydrogens (tertiary/aromatic N) is 3. The van der Waals surface area contributed by atoms with Gasteiger partial charge in [-0.05, 0) is 38.0 Å². The first-order valence-corrected chi connectivity index (χ1v) is 9.06. The van der Waals surface area contributed by atoms with Crippen molar-refractivity contribution in [1.29, 1.82) is 0 Å². The second-order valence-electron chi connectivity index (χ2n) is 5.21. The van der Waals surface area contributed by atoms with Gasteiger partial charge in [-0.25, -0.2) is 0 Å². The molecule has 116 valence electrons. The fourth-order valence-electron chi connectivity index (χ4n) is 2.24. The van der Waals surface area contributed by atoms with Gasteiger partial charge in [-0.1, -0.05) is 33.8 Å². The number of amides is 1. The van der Waals surface area contributed by atoms with E-state index in [-0.39, 0.29) is 5.91 Å². The Hall–Kier alpha value is -1.34. The first-order valence-electron chi connectivity index (χ1n) is 7.28. The summed E-state index contributed by atoms with van der Waals surface area (Å²) in [5.41, 5.74) is 0.788. The van der Waals surface area contributed by atoms with Gasteiger partial charge in [0.2, 0.25) is 5.91 Å². The van der Waals surface area contributed by atoms with Crippen LogP contribution in [0, 0.1) is 0 Å². The van der Waals surface area contributed by atoms with E-state index in [0.717, 1.165) is 27.7 Å². The van der Waals surface area contributed by atoms with E-state index in [2.05, 4.69) is 42.9 Å². The molecule has 0 spiro atoms. The molecular formula is C15H17BrN4OS. The molecule has 1 N–H and O–H groups in total. The highest BCUT2D eigenvalue weighted by molar-refractivity contribution is 9.10. The van der Waals surface area contributed by atoms with Crippen molar-refractivity contribution in [3.05, 3.63) is 34.6 Å². The molecule has 1 saturated carbocycles. The maximum Gasteiger partial charge on any atom is 0.234 e. The zero-order valence-electron chi connectivity index (χ0n) is 12.3. The molecule has 1 aromatic carbocycles. The topological polar surface area (TPSA) is 59.8 Å². The van der Waals surface area contributed by atoms with Crippen LogP contribution in [0.4, 0.5) is 5.69 Å². The number of anilines is 1. The summed E-state index contributed by atoms with van der Waals surface area (Å²) in [7, 11) is 0. The van der Waals surface area contributed by atoms with Gasteiger partial charge >= 0.3 is 0 Å². The van der Waals surface area contributed by atoms with Gasteiger partial charge in [-0.3, -0.25) is 4.79 Å². The van der Waals surface area contributed by atoms with Crippen LogP contribution in [0.2, 0.25) is 0 Å². The minimum Gasteiger partial charge on any atom is -0.325 e. The Morgan fingerprint density at radius 1 is 1.45 bits per heavy atom. The smallest absolute Gasteiger partial charge is 0.234 e. The Morgan fingerprint density at radius 2 is 2.27 bits per heavy atom. The molecule has 0 aliphatic heterocycles. The molecule has 0 bridgehead atoms. The second-order valence-corrected chi connectivity index (χ2v) is 7.06. The van der Waals surface area contributed by atoms with E-state index in [9.17, 15) is 4.79 Å². The molecular weight excluding hydrogens is 364 g/mol. The van der Waals surface area contributed by atoms with Crippen molar-refractivity contribution in [2.45, 2.75) is 37.4 Å². The van der Waals surface area contributed by atoms with Crippen LogP contribution in [0.15, 0.2) is 33.9 Å². The van der Waals surface area contributed by atoms with E-state index in [4.69, 9.17) is 0 Å². The van der Waals surface area contributed by atoms with Crippen molar-refractivity contribution in [3.8, 4) is 0 Å². The number of aromatic nitrogens is 3. The second kappa shape index (κ2) is 6.83. The minimum atomic E-state index is -0.0401. The lowest BCUT2D eigenvalue weighted by Gasteiger charge is -2.07. The minimum absolute atomic E-state index is 0.0401. The van der Waals surface area contributed by atoms with Crippen molar-refractivity contribution in [2.24, 2.45) is 0 Å². The highest BCUT2D eigenvalue weighted by Gasteiger charge is 2.30. The van der Waals surface area contributed by atoms with E-state index in [0.29, 0.717) is 11.7 Å². The van der Waals surface area contributed by atoms with E-state index in [1.165, 1.54) is 24.6 Å². The van der Waals surface area contributed by atoms with Gasteiger partial charge in [-0.15, -0.1) is 10.2 Å². The van der Waals surface area contributed by atoms with Crippen molar-refractivity contribution >= 4 is 39.3 Å². The monoisotopic (exact) mass is 380 g/mol. The van der Waals surface area contributed by atoms with Gasteiger partial charge in [0.15, 0.2) is 5.16 Å². The van der Waals surface area contributed by atoms with Crippen LogP contribution in [0.3, 0.4) is 0 Å². The highest BCUT2D eigenvalue weighted by atomic mass is 79.9. The average molecular weight is 381 g/mol. The Labute approximate surface area is 142 Å². The Balaban J connectivity index is 1.59. The van der Waals surface area contributed by atoms with Gasteiger partial charge in [0.25, 0.3) is 0 Å². The van der Waals surface area contributed by atoms with Crippen LogP contribution < -0.4 is 5.32 Å². The summed E-state index contributed by atoms with van der Waals surface area (Å²) in [4.78, 5) is 12.0. The molecule has 1 aliphatic carbocycles. The standard InChI is InChI=1S/C15H17BrN4OS/c1-2-20-14(10-6-7-10)18-19-15(20)22-9-13(21)17-12-5-3-4-11(16)8-12/h3-5,8,10H,2,6-7,9H2,1H3,(H,17,21). The molecule has 0 atom stereocenters. The van der Waals surface area contributed by atoms with Crippen LogP contribution in [0.5, 0.6) is 0 Å². The molecule has 1 amide bonds. The molecule has 0 saturated heterocycles. The van der Waals surface area contributed by atoms with Crippen LogP contribution in [-0.4, -0.2) is 26.4 Å². The van der Waals surface area contributed by atoms with Crippen molar-refractivity contribution in [1.82, 2.24) is 14.8 Å². The maximum absolute atomic E-state index is 12.0. The molecule has 1 heterocycles. The van der Waals surface area contributed by atoms with E-state index < -0.39 is 0 Å². The fraction of sp³-hybridized carbons (Fsp3) is 0.400. The summed E-state index contributed by atoms with van der Waals surface area (Å²) >= 11 is 4.83. The highest BCUT2D eigenvalue weighted by Crippen LogP contribution is 2.39. The molecule has 0 radical (unpaired) electrons. The molecule has 1 aromatic heterocycles. The maximum atomic E-state index is 12.0. The summed E-state index contributed by atoms with van der Waals surface area (Å²) in [5, 5.41) is 12.2. The van der Waals surface area contributed by atoms with Crippen molar-refractivity contribution in [3.63, 3.8) is 0 Å². The van der Waals surface area contributed by atoms with Crippen LogP contribution in [0.25, 0.3) is 0 Å². The number of carbonyl (C=O) groups excluding carboxylic acids is 1. The summed E-state index contributed by atoms with van der Waals surface area (Å²) in [6, 6.07) is 7.56. The van der Waals surface area contributed by atoms with Crippen molar-refractivity contribution in [2.75, 3.05) is 11.1 Å². The molecule has 2 aromatic rings. The lowest BCUT2D eigenvalue weighted by Crippen LogP contribution is -2.14. The molecule has 5 nitrogen and oxygen atoms in total. The number of carbonyl (C=O) groups is 1. The Kier molecular flexibility index (Phi) is 4.83. The number of hydrogen-bond acceptors (Lipinski definition) is 4. The van der Waals surface area contributed by atoms with Gasteiger partial charge in [0.05, 0.1) is 5.75 Å². The van der Waals surface area contributed by atoms with Gasteiger partial charge in [-0.2, -0.15) is 0 Å². The third-order valence-corrected chi connectivity index (χ3v) is 4.90. The first-order chi connectivity index (χ1) is 10.7. The van der Waals surface area contributed by atoms with Crippen LogP contribution in [-0.2, 0) is 11.3 Å². The summed E-state index contributed by atoms with van der Waals surface area (Å²) in [6.07, 6.45) is 2.40. The summed E-state index contributed by atoms with van der Waals surface area (Å²) in [5.74, 6) is 1.92. The molecule has 3 rings (SSSR count). The number of rotatable bonds is 6. The normalized spacial score (nSPS) is 14.1. The Morgan fingerprint density at radius 3 is 2.95 bits per heavy atom. The molecule has 7 heteroatoms. The first kappa shape index (κ1) is 15.6. The van der Waals surface area contributed by atoms with E-state index in [1.54, 1.807) is 0 Å². The zero-order chi connectivity index (χ0) is 15.5. The lowest BCUT2D eigenvalue weighted by molar-refractivity contribution is -0.113. The molecule has 1 fully saturated rings. The predicted molar refractivity (Wildman–Crippen MR) is 91.2 cm³/mol. The van der Waals surface area contributed by atoms with Crippen molar-refractivity contribution < 1.29 is 4.79 Å². The lowest BCUT2D eigenvalue weighted by atomic mass is 10.3. The number of benzene rings is 1. The SMILES string of the molecule is CCn1c(SCC(=O)Nc2cccc(Br)c2)nnc1C1CC1. The van der Waals surface area contributed by atoms with Gasteiger partial charge < -0.3 is 9.88 Å². The van der Waals surface area contributed by atoms with Crippen LogP contribution in [0.1, 0.15) is 31.5 Å². The predicted octanol–water partition coefficient (Wildman–Crippen LogP) is 3.67. The molecule has 22 heavy (non-hydrogen) atoms. The van der Waals surface area contributed by atoms with E-state index in [1.807, 2.05) is 24.3 Å². The summed E-state index contributed by atoms with van der Waals surface area (Å²) < 4.78 is 3.06. The summed E-state index contributed by atoms with van der Waals surface area (Å²) in [6.45, 7) is 2.93. The quantitative estimate of drug-likeness (QED) is 0.776. The zero-order valence-corrected chi connectivity index (χ0v) is 14.7. The third kappa shape index (κ3) is 3.70. The van der Waals surface area contributed by atoms with Gasteiger partial charge in [0.1, 0.15) is 5.82 Å². The fourth-order valence-corrected chi connectivity index (χ4v) is 3.45. The number of thioether (sulfide) groups is 1. The third-order valence-electron chi connectivity index (χ3n) is 3.44. The number of halogens is 1. The van der Waals surface area contributed by atoms with E-state index >= 15 is 0 Å². The van der Waals surface area contributed by atoms with Gasteiger partial charge in [0, 0.05) is 22.6 Å². The number of nitrogens with one attached hydrogen (secondary N) is 1. The molecule has 1 aliphatic rings. The average Bonchev–Trinajstić information content (AvgIpc) is 3.25. The van der Waals surface area contributed by atoms with Crippen LogP contribution >= 0.6 is 27.7 Å².